The predicted molar refractivity (Wildman–Crippen MR) is 118 cm³/mol. The van der Waals surface area contributed by atoms with Crippen LogP contribution in [-0.2, 0) is 6.54 Å². The molecular weight excluding hydrogens is 378 g/mol. The van der Waals surface area contributed by atoms with Gasteiger partial charge in [0.25, 0.3) is 5.91 Å². The number of hydrogen-bond acceptors (Lipinski definition) is 4. The lowest BCUT2D eigenvalue weighted by Crippen LogP contribution is -2.40. The number of carbonyl (C=O) groups excluding carboxylic acids is 1. The van der Waals surface area contributed by atoms with E-state index in [1.165, 1.54) is 16.5 Å². The first-order chi connectivity index (χ1) is 14.7. The molecule has 1 aromatic heterocycles. The highest BCUT2D eigenvalue weighted by atomic mass is 16.5. The van der Waals surface area contributed by atoms with Gasteiger partial charge in [-0.1, -0.05) is 18.2 Å². The van der Waals surface area contributed by atoms with Crippen molar-refractivity contribution in [1.82, 2.24) is 15.2 Å². The molecule has 1 aliphatic heterocycles. The van der Waals surface area contributed by atoms with Gasteiger partial charge in [0.05, 0.1) is 14.2 Å². The number of rotatable bonds is 7. The van der Waals surface area contributed by atoms with Gasteiger partial charge < -0.3 is 19.8 Å². The van der Waals surface area contributed by atoms with E-state index in [4.69, 9.17) is 9.47 Å². The molecule has 6 heteroatoms. The zero-order valence-corrected chi connectivity index (χ0v) is 17.6. The number of para-hydroxylation sites is 1. The van der Waals surface area contributed by atoms with Crippen LogP contribution in [0.25, 0.3) is 10.9 Å². The van der Waals surface area contributed by atoms with Crippen molar-refractivity contribution >= 4 is 16.8 Å². The van der Waals surface area contributed by atoms with Crippen molar-refractivity contribution < 1.29 is 14.3 Å². The topological polar surface area (TPSA) is 66.6 Å². The SMILES string of the molecule is COc1cc(OC)cc(C(=O)NC[C@H]2CCCN(Cc3c[nH]c4ccccc34)C2)c1. The van der Waals surface area contributed by atoms with Crippen LogP contribution in [-0.4, -0.2) is 49.6 Å². The maximum Gasteiger partial charge on any atom is 0.251 e. The molecule has 0 radical (unpaired) electrons. The molecule has 4 rings (SSSR count). The van der Waals surface area contributed by atoms with E-state index in [0.29, 0.717) is 29.5 Å². The predicted octanol–water partition coefficient (Wildman–Crippen LogP) is 3.83. The van der Waals surface area contributed by atoms with Crippen molar-refractivity contribution in [3.8, 4) is 11.5 Å². The fourth-order valence-electron chi connectivity index (χ4n) is 4.24. The van der Waals surface area contributed by atoms with Crippen molar-refractivity contribution in [2.45, 2.75) is 19.4 Å². The fourth-order valence-corrected chi connectivity index (χ4v) is 4.24. The third-order valence-electron chi connectivity index (χ3n) is 5.84. The van der Waals surface area contributed by atoms with Gasteiger partial charge in [0.1, 0.15) is 11.5 Å². The summed E-state index contributed by atoms with van der Waals surface area (Å²) in [7, 11) is 3.17. The molecule has 1 fully saturated rings. The minimum absolute atomic E-state index is 0.0963. The van der Waals surface area contributed by atoms with Gasteiger partial charge in [-0.05, 0) is 49.1 Å². The van der Waals surface area contributed by atoms with Crippen LogP contribution in [0, 0.1) is 5.92 Å². The third kappa shape index (κ3) is 4.60. The minimum Gasteiger partial charge on any atom is -0.497 e. The van der Waals surface area contributed by atoms with Gasteiger partial charge >= 0.3 is 0 Å². The van der Waals surface area contributed by atoms with Crippen LogP contribution < -0.4 is 14.8 Å². The first-order valence-corrected chi connectivity index (χ1v) is 10.4. The molecule has 30 heavy (non-hydrogen) atoms. The number of carbonyl (C=O) groups is 1. The number of aromatic amines is 1. The Kier molecular flexibility index (Phi) is 6.23. The van der Waals surface area contributed by atoms with Gasteiger partial charge in [-0.25, -0.2) is 0 Å². The number of likely N-dealkylation sites (tertiary alicyclic amines) is 1. The van der Waals surface area contributed by atoms with E-state index in [2.05, 4.69) is 45.7 Å². The van der Waals surface area contributed by atoms with Gasteiger partial charge in [0.2, 0.25) is 0 Å². The number of hydrogen-bond donors (Lipinski definition) is 2. The second kappa shape index (κ2) is 9.22. The van der Waals surface area contributed by atoms with Gasteiger partial charge in [-0.15, -0.1) is 0 Å². The van der Waals surface area contributed by atoms with E-state index in [-0.39, 0.29) is 5.91 Å². The number of aromatic nitrogens is 1. The van der Waals surface area contributed by atoms with Crippen molar-refractivity contribution in [1.29, 1.82) is 0 Å². The molecule has 0 aliphatic carbocycles. The molecule has 0 spiro atoms. The molecule has 1 atom stereocenters. The summed E-state index contributed by atoms with van der Waals surface area (Å²) in [6, 6.07) is 13.7. The molecule has 0 unspecified atom stereocenters. The van der Waals surface area contributed by atoms with Gasteiger partial charge in [0.15, 0.2) is 0 Å². The number of nitrogens with zero attached hydrogens (tertiary/aromatic N) is 1. The van der Waals surface area contributed by atoms with Gasteiger partial charge in [-0.2, -0.15) is 0 Å². The molecule has 1 saturated heterocycles. The van der Waals surface area contributed by atoms with Crippen LogP contribution >= 0.6 is 0 Å². The third-order valence-corrected chi connectivity index (χ3v) is 5.84. The number of benzene rings is 2. The Balaban J connectivity index is 1.34. The first kappa shape index (κ1) is 20.3. The Labute approximate surface area is 177 Å². The maximum absolute atomic E-state index is 12.7. The summed E-state index contributed by atoms with van der Waals surface area (Å²) in [4.78, 5) is 18.5. The Morgan fingerprint density at radius 1 is 1.17 bits per heavy atom. The Bertz CT molecular complexity index is 992. The highest BCUT2D eigenvalue weighted by Crippen LogP contribution is 2.24. The molecule has 0 bridgehead atoms. The molecule has 1 aliphatic rings. The highest BCUT2D eigenvalue weighted by Gasteiger charge is 2.22. The number of piperidine rings is 1. The van der Waals surface area contributed by atoms with Gasteiger partial charge in [0, 0.05) is 48.4 Å². The Morgan fingerprint density at radius 3 is 2.70 bits per heavy atom. The van der Waals surface area contributed by atoms with Crippen LogP contribution in [0.15, 0.2) is 48.7 Å². The molecule has 1 amide bonds. The van der Waals surface area contributed by atoms with E-state index >= 15 is 0 Å². The lowest BCUT2D eigenvalue weighted by Gasteiger charge is -2.32. The van der Waals surface area contributed by atoms with Crippen molar-refractivity contribution in [3.63, 3.8) is 0 Å². The molecule has 158 valence electrons. The average Bonchev–Trinajstić information content (AvgIpc) is 3.20. The van der Waals surface area contributed by atoms with Crippen LogP contribution in [0.2, 0.25) is 0 Å². The first-order valence-electron chi connectivity index (χ1n) is 10.4. The van der Waals surface area contributed by atoms with Crippen molar-refractivity contribution in [2.75, 3.05) is 33.9 Å². The van der Waals surface area contributed by atoms with Crippen LogP contribution in [0.5, 0.6) is 11.5 Å². The zero-order chi connectivity index (χ0) is 20.9. The second-order valence-electron chi connectivity index (χ2n) is 7.91. The Hall–Kier alpha value is -2.99. The number of fused-ring (bicyclic) bond motifs is 1. The lowest BCUT2D eigenvalue weighted by molar-refractivity contribution is 0.0930. The number of nitrogens with one attached hydrogen (secondary N) is 2. The molecule has 2 N–H and O–H groups in total. The van der Waals surface area contributed by atoms with E-state index in [9.17, 15) is 4.79 Å². The zero-order valence-electron chi connectivity index (χ0n) is 17.6. The van der Waals surface area contributed by atoms with Crippen LogP contribution in [0.1, 0.15) is 28.8 Å². The fraction of sp³-hybridized carbons (Fsp3) is 0.375. The normalized spacial score (nSPS) is 17.1. The molecule has 3 aromatic rings. The summed E-state index contributed by atoms with van der Waals surface area (Å²) >= 11 is 0. The van der Waals surface area contributed by atoms with Crippen LogP contribution in [0.3, 0.4) is 0 Å². The molecule has 6 nitrogen and oxygen atoms in total. The van der Waals surface area contributed by atoms with Crippen molar-refractivity contribution in [3.05, 3.63) is 59.8 Å². The summed E-state index contributed by atoms with van der Waals surface area (Å²) in [5.41, 5.74) is 3.07. The smallest absolute Gasteiger partial charge is 0.251 e. The van der Waals surface area contributed by atoms with Crippen LogP contribution in [0.4, 0.5) is 0 Å². The van der Waals surface area contributed by atoms with E-state index in [1.807, 2.05) is 0 Å². The second-order valence-corrected chi connectivity index (χ2v) is 7.91. The maximum atomic E-state index is 12.7. The monoisotopic (exact) mass is 407 g/mol. The number of ether oxygens (including phenoxy) is 2. The highest BCUT2D eigenvalue weighted by molar-refractivity contribution is 5.95. The molecular formula is C24H29N3O3. The summed E-state index contributed by atoms with van der Waals surface area (Å²) < 4.78 is 10.5. The largest absolute Gasteiger partial charge is 0.497 e. The minimum atomic E-state index is -0.0963. The standard InChI is InChI=1S/C24H29N3O3/c1-29-20-10-18(11-21(12-20)30-2)24(28)26-13-17-6-5-9-27(15-17)16-19-14-25-23-8-4-3-7-22(19)23/h3-4,7-8,10-12,14,17,25H,5-6,9,13,15-16H2,1-2H3,(H,26,28)/t17-/m1/s1. The summed E-state index contributed by atoms with van der Waals surface area (Å²) in [5.74, 6) is 1.57. The lowest BCUT2D eigenvalue weighted by atomic mass is 9.97. The van der Waals surface area contributed by atoms with E-state index in [1.54, 1.807) is 32.4 Å². The number of methoxy groups -OCH3 is 2. The van der Waals surface area contributed by atoms with E-state index < -0.39 is 0 Å². The molecule has 0 saturated carbocycles. The number of H-pyrrole nitrogens is 1. The summed E-state index contributed by atoms with van der Waals surface area (Å²) in [5, 5.41) is 4.39. The summed E-state index contributed by atoms with van der Waals surface area (Å²) in [6.45, 7) is 3.68. The Morgan fingerprint density at radius 2 is 1.93 bits per heavy atom. The quantitative estimate of drug-likeness (QED) is 0.625. The average molecular weight is 408 g/mol. The van der Waals surface area contributed by atoms with Crippen molar-refractivity contribution in [2.24, 2.45) is 5.92 Å². The molecule has 2 heterocycles. The number of amides is 1. The summed E-state index contributed by atoms with van der Waals surface area (Å²) in [6.07, 6.45) is 4.40. The van der Waals surface area contributed by atoms with Gasteiger partial charge in [-0.3, -0.25) is 9.69 Å². The van der Waals surface area contributed by atoms with E-state index in [0.717, 1.165) is 32.5 Å². The molecule has 2 aromatic carbocycles.